The molecule has 2 unspecified atom stereocenters. The Kier molecular flexibility index (Phi) is 3.86. The fourth-order valence-corrected chi connectivity index (χ4v) is 3.52. The van der Waals surface area contributed by atoms with Gasteiger partial charge in [0.05, 0.1) is 13.2 Å². The highest BCUT2D eigenvalue weighted by Gasteiger charge is 2.33. The van der Waals surface area contributed by atoms with E-state index in [1.165, 1.54) is 5.56 Å². The summed E-state index contributed by atoms with van der Waals surface area (Å²) >= 11 is 9.45. The molecule has 2 saturated heterocycles. The minimum Gasteiger partial charge on any atom is -0.378 e. The molecule has 2 aliphatic rings. The predicted octanol–water partition coefficient (Wildman–Crippen LogP) is 1.84. The lowest BCUT2D eigenvalue weighted by Crippen LogP contribution is -2.58. The van der Waals surface area contributed by atoms with Gasteiger partial charge in [0, 0.05) is 31.7 Å². The van der Waals surface area contributed by atoms with E-state index in [0.717, 1.165) is 37.5 Å². The molecule has 6 heteroatoms. The van der Waals surface area contributed by atoms with Gasteiger partial charge in [-0.05, 0) is 33.6 Å². The van der Waals surface area contributed by atoms with Gasteiger partial charge in [-0.2, -0.15) is 0 Å². The normalized spacial score (nSPS) is 29.0. The molecule has 0 spiro atoms. The zero-order valence-corrected chi connectivity index (χ0v) is 12.2. The number of fused-ring (bicyclic) bond motifs is 1. The molecule has 0 aliphatic carbocycles. The van der Waals surface area contributed by atoms with Crippen LogP contribution in [0.5, 0.6) is 0 Å². The number of piperazine rings is 1. The average molecular weight is 333 g/mol. The van der Waals surface area contributed by atoms with Crippen LogP contribution in [-0.2, 0) is 4.74 Å². The number of aromatic nitrogens is 1. The van der Waals surface area contributed by atoms with Gasteiger partial charge in [-0.1, -0.05) is 11.6 Å². The third-order valence-electron chi connectivity index (χ3n) is 3.56. The number of hydrogen-bond donors (Lipinski definition) is 1. The second-order valence-electron chi connectivity index (χ2n) is 4.69. The lowest BCUT2D eigenvalue weighted by molar-refractivity contribution is -0.0427. The van der Waals surface area contributed by atoms with E-state index < -0.39 is 0 Å². The Morgan fingerprint density at radius 1 is 1.44 bits per heavy atom. The molecule has 98 valence electrons. The van der Waals surface area contributed by atoms with E-state index in [1.54, 1.807) is 0 Å². The third kappa shape index (κ3) is 2.56. The molecule has 1 N–H and O–H groups in total. The Morgan fingerprint density at radius 2 is 2.33 bits per heavy atom. The standard InChI is InChI=1S/C12H15BrClN3O/c13-11-3-8(4-12(14)16-11)10-6-15-5-9-7-18-2-1-17(9)10/h3-4,9-10,15H,1-2,5-7H2. The Hall–Kier alpha value is -0.200. The molecule has 0 radical (unpaired) electrons. The molecular weight excluding hydrogens is 318 g/mol. The fraction of sp³-hybridized carbons (Fsp3) is 0.583. The number of nitrogens with zero attached hydrogens (tertiary/aromatic N) is 2. The number of nitrogens with one attached hydrogen (secondary N) is 1. The summed E-state index contributed by atoms with van der Waals surface area (Å²) < 4.78 is 6.33. The molecule has 0 bridgehead atoms. The lowest BCUT2D eigenvalue weighted by atomic mass is 10.0. The van der Waals surface area contributed by atoms with Gasteiger partial charge < -0.3 is 10.1 Å². The zero-order chi connectivity index (χ0) is 12.5. The van der Waals surface area contributed by atoms with E-state index >= 15 is 0 Å². The van der Waals surface area contributed by atoms with Crippen LogP contribution in [0, 0.1) is 0 Å². The van der Waals surface area contributed by atoms with Gasteiger partial charge in [-0.25, -0.2) is 4.98 Å². The molecule has 3 rings (SSSR count). The van der Waals surface area contributed by atoms with Gasteiger partial charge >= 0.3 is 0 Å². The maximum Gasteiger partial charge on any atom is 0.130 e. The fourth-order valence-electron chi connectivity index (χ4n) is 2.74. The Morgan fingerprint density at radius 3 is 3.17 bits per heavy atom. The highest BCUT2D eigenvalue weighted by molar-refractivity contribution is 9.10. The third-order valence-corrected chi connectivity index (χ3v) is 4.16. The van der Waals surface area contributed by atoms with E-state index in [1.807, 2.05) is 6.07 Å². The molecule has 2 atom stereocenters. The number of pyridine rings is 1. The van der Waals surface area contributed by atoms with Gasteiger partial charge in [0.25, 0.3) is 0 Å². The summed E-state index contributed by atoms with van der Waals surface area (Å²) in [6.45, 7) is 4.55. The SMILES string of the molecule is Clc1cc(C2CNCC3COCCN32)cc(Br)n1. The average Bonchev–Trinajstić information content (AvgIpc) is 2.37. The minimum absolute atomic E-state index is 0.351. The van der Waals surface area contributed by atoms with Crippen molar-refractivity contribution in [1.82, 2.24) is 15.2 Å². The molecule has 0 aromatic carbocycles. The summed E-state index contributed by atoms with van der Waals surface area (Å²) in [6.07, 6.45) is 0. The maximum atomic E-state index is 6.04. The van der Waals surface area contributed by atoms with Crippen molar-refractivity contribution in [2.45, 2.75) is 12.1 Å². The summed E-state index contributed by atoms with van der Waals surface area (Å²) in [4.78, 5) is 6.66. The summed E-state index contributed by atoms with van der Waals surface area (Å²) in [5.41, 5.74) is 1.21. The van der Waals surface area contributed by atoms with Crippen molar-refractivity contribution in [2.24, 2.45) is 0 Å². The number of rotatable bonds is 1. The van der Waals surface area contributed by atoms with Crippen LogP contribution in [0.15, 0.2) is 16.7 Å². The first-order chi connectivity index (χ1) is 8.74. The van der Waals surface area contributed by atoms with Crippen molar-refractivity contribution >= 4 is 27.5 Å². The highest BCUT2D eigenvalue weighted by atomic mass is 79.9. The van der Waals surface area contributed by atoms with Crippen molar-refractivity contribution in [1.29, 1.82) is 0 Å². The van der Waals surface area contributed by atoms with Crippen LogP contribution in [0.1, 0.15) is 11.6 Å². The maximum absolute atomic E-state index is 6.04. The van der Waals surface area contributed by atoms with Crippen molar-refractivity contribution in [2.75, 3.05) is 32.8 Å². The van der Waals surface area contributed by atoms with Crippen molar-refractivity contribution in [3.05, 3.63) is 27.5 Å². The Bertz CT molecular complexity index is 423. The molecule has 4 nitrogen and oxygen atoms in total. The van der Waals surface area contributed by atoms with Crippen LogP contribution in [0.4, 0.5) is 0 Å². The Labute approximate surface area is 120 Å². The van der Waals surface area contributed by atoms with Crippen molar-refractivity contribution in [3.63, 3.8) is 0 Å². The molecule has 0 amide bonds. The summed E-state index contributed by atoms with van der Waals surface area (Å²) in [5.74, 6) is 0. The summed E-state index contributed by atoms with van der Waals surface area (Å²) in [7, 11) is 0. The van der Waals surface area contributed by atoms with Crippen LogP contribution < -0.4 is 5.32 Å². The highest BCUT2D eigenvalue weighted by Crippen LogP contribution is 2.29. The summed E-state index contributed by atoms with van der Waals surface area (Å²) in [5, 5.41) is 4.01. The van der Waals surface area contributed by atoms with Crippen molar-refractivity contribution < 1.29 is 4.74 Å². The largest absolute Gasteiger partial charge is 0.378 e. The predicted molar refractivity (Wildman–Crippen MR) is 73.9 cm³/mol. The van der Waals surface area contributed by atoms with E-state index in [-0.39, 0.29) is 0 Å². The topological polar surface area (TPSA) is 37.4 Å². The second kappa shape index (κ2) is 5.43. The number of hydrogen-bond acceptors (Lipinski definition) is 4. The van der Waals surface area contributed by atoms with Crippen molar-refractivity contribution in [3.8, 4) is 0 Å². The van der Waals surface area contributed by atoms with Gasteiger partial charge in [0.15, 0.2) is 0 Å². The first kappa shape index (κ1) is 12.8. The molecule has 1 aromatic heterocycles. The first-order valence-corrected chi connectivity index (χ1v) is 7.28. The molecule has 1 aromatic rings. The van der Waals surface area contributed by atoms with E-state index in [0.29, 0.717) is 17.2 Å². The van der Waals surface area contributed by atoms with E-state index in [4.69, 9.17) is 16.3 Å². The van der Waals surface area contributed by atoms with Gasteiger partial charge in [0.1, 0.15) is 9.76 Å². The van der Waals surface area contributed by atoms with Crippen LogP contribution >= 0.6 is 27.5 Å². The second-order valence-corrected chi connectivity index (χ2v) is 5.89. The number of morpholine rings is 1. The summed E-state index contributed by atoms with van der Waals surface area (Å²) in [6, 6.07) is 4.82. The van der Waals surface area contributed by atoms with Crippen LogP contribution in [0.3, 0.4) is 0 Å². The molecule has 2 aliphatic heterocycles. The van der Waals surface area contributed by atoms with E-state index in [2.05, 4.69) is 37.2 Å². The minimum atomic E-state index is 0.351. The molecule has 0 saturated carbocycles. The number of halogens is 2. The molecule has 2 fully saturated rings. The van der Waals surface area contributed by atoms with Gasteiger partial charge in [-0.3, -0.25) is 4.90 Å². The Balaban J connectivity index is 1.89. The van der Waals surface area contributed by atoms with Crippen LogP contribution in [0.25, 0.3) is 0 Å². The lowest BCUT2D eigenvalue weighted by Gasteiger charge is -2.45. The molecular formula is C12H15BrClN3O. The smallest absolute Gasteiger partial charge is 0.130 e. The molecule has 18 heavy (non-hydrogen) atoms. The first-order valence-electron chi connectivity index (χ1n) is 6.11. The van der Waals surface area contributed by atoms with E-state index in [9.17, 15) is 0 Å². The van der Waals surface area contributed by atoms with Gasteiger partial charge in [-0.15, -0.1) is 0 Å². The monoisotopic (exact) mass is 331 g/mol. The van der Waals surface area contributed by atoms with Crippen LogP contribution in [0.2, 0.25) is 5.15 Å². The number of ether oxygens (including phenoxy) is 1. The van der Waals surface area contributed by atoms with Gasteiger partial charge in [0.2, 0.25) is 0 Å². The molecule has 3 heterocycles. The zero-order valence-electron chi connectivity index (χ0n) is 9.90. The quantitative estimate of drug-likeness (QED) is 0.796. The van der Waals surface area contributed by atoms with Crippen LogP contribution in [-0.4, -0.2) is 48.8 Å².